The van der Waals surface area contributed by atoms with E-state index in [2.05, 4.69) is 15.4 Å². The maximum atomic E-state index is 12.0. The highest BCUT2D eigenvalue weighted by Gasteiger charge is 2.19. The molecule has 0 bridgehead atoms. The molecule has 7 nitrogen and oxygen atoms in total. The molecule has 8 heteroatoms. The molecule has 3 rings (SSSR count). The van der Waals surface area contributed by atoms with Crippen molar-refractivity contribution in [2.75, 3.05) is 0 Å². The van der Waals surface area contributed by atoms with Gasteiger partial charge in [0.05, 0.1) is 6.54 Å². The molecule has 3 aromatic rings. The van der Waals surface area contributed by atoms with Crippen LogP contribution in [0.2, 0.25) is 5.02 Å². The van der Waals surface area contributed by atoms with Crippen LogP contribution < -0.4 is 4.74 Å². The first-order chi connectivity index (χ1) is 14.2. The molecular weight excluding hydrogens is 404 g/mol. The average Bonchev–Trinajstić information content (AvgIpc) is 3.10. The summed E-state index contributed by atoms with van der Waals surface area (Å²) in [5, 5.41) is 13.3. The maximum Gasteiger partial charge on any atom is 0.306 e. The van der Waals surface area contributed by atoms with Crippen LogP contribution >= 0.6 is 11.6 Å². The summed E-state index contributed by atoms with van der Waals surface area (Å²) in [6.45, 7) is 7.98. The molecule has 30 heavy (non-hydrogen) atoms. The molecule has 0 fully saturated rings. The van der Waals surface area contributed by atoms with Gasteiger partial charge in [0.2, 0.25) is 5.82 Å². The van der Waals surface area contributed by atoms with Gasteiger partial charge in [-0.25, -0.2) is 0 Å². The van der Waals surface area contributed by atoms with Crippen LogP contribution in [-0.2, 0) is 16.1 Å². The normalized spacial score (nSPS) is 12.4. The number of esters is 1. The molecule has 1 aromatic heterocycles. The van der Waals surface area contributed by atoms with Crippen molar-refractivity contribution in [1.29, 1.82) is 0 Å². The lowest BCUT2D eigenvalue weighted by molar-refractivity contribution is -0.155. The Hall–Kier alpha value is -2.93. The minimum atomic E-state index is -0.491. The van der Waals surface area contributed by atoms with E-state index in [9.17, 15) is 4.79 Å². The van der Waals surface area contributed by atoms with Gasteiger partial charge in [0.1, 0.15) is 17.1 Å². The second kappa shape index (κ2) is 9.26. The van der Waals surface area contributed by atoms with Crippen molar-refractivity contribution in [2.24, 2.45) is 5.92 Å². The number of hydrogen-bond donors (Lipinski definition) is 0. The minimum absolute atomic E-state index is 0.0153. The molecule has 158 valence electrons. The van der Waals surface area contributed by atoms with Crippen LogP contribution in [0.1, 0.15) is 34.1 Å². The topological polar surface area (TPSA) is 79.1 Å². The van der Waals surface area contributed by atoms with Crippen molar-refractivity contribution in [3.63, 3.8) is 0 Å². The highest BCUT2D eigenvalue weighted by Crippen LogP contribution is 2.26. The quantitative estimate of drug-likeness (QED) is 0.484. The van der Waals surface area contributed by atoms with E-state index in [0.717, 1.165) is 5.56 Å². The highest BCUT2D eigenvalue weighted by atomic mass is 35.5. The van der Waals surface area contributed by atoms with Gasteiger partial charge in [-0.05, 0) is 68.3 Å². The molecule has 0 aliphatic rings. The second-order valence-corrected chi connectivity index (χ2v) is 8.58. The summed E-state index contributed by atoms with van der Waals surface area (Å²) >= 11 is 5.91. The number of hydrogen-bond acceptors (Lipinski definition) is 6. The zero-order valence-electron chi connectivity index (χ0n) is 17.5. The smallest absolute Gasteiger partial charge is 0.306 e. The van der Waals surface area contributed by atoms with Gasteiger partial charge in [0, 0.05) is 17.0 Å². The van der Waals surface area contributed by atoms with Gasteiger partial charge < -0.3 is 9.47 Å². The summed E-state index contributed by atoms with van der Waals surface area (Å²) in [7, 11) is 0. The van der Waals surface area contributed by atoms with E-state index >= 15 is 0 Å². The number of rotatable bonds is 7. The number of ether oxygens (including phenoxy) is 2. The summed E-state index contributed by atoms with van der Waals surface area (Å²) in [6, 6.07) is 14.6. The Kier molecular flexibility index (Phi) is 6.72. The zero-order chi connectivity index (χ0) is 21.7. The van der Waals surface area contributed by atoms with Crippen molar-refractivity contribution in [1.82, 2.24) is 20.2 Å². The van der Waals surface area contributed by atoms with Gasteiger partial charge >= 0.3 is 5.97 Å². The van der Waals surface area contributed by atoms with E-state index < -0.39 is 5.60 Å². The van der Waals surface area contributed by atoms with E-state index in [0.29, 0.717) is 35.3 Å². The first kappa shape index (κ1) is 21.8. The summed E-state index contributed by atoms with van der Waals surface area (Å²) in [5.74, 6) is 1.61. The molecule has 1 atom stereocenters. The zero-order valence-corrected chi connectivity index (χ0v) is 18.3. The average molecular weight is 429 g/mol. The monoisotopic (exact) mass is 428 g/mol. The molecule has 0 unspecified atom stereocenters. The van der Waals surface area contributed by atoms with Gasteiger partial charge in [-0.15, -0.1) is 10.2 Å². The number of carbonyl (C=O) groups is 1. The standard InChI is InChI=1S/C22H25ClN4O3/c1-15(12-20(28)30-22(2,3)4)14-27-25-21(24-26-27)16-6-5-7-19(13-16)29-18-10-8-17(23)9-11-18/h5-11,13,15H,12,14H2,1-4H3/t15-/m1/s1. The lowest BCUT2D eigenvalue weighted by Gasteiger charge is -2.20. The number of nitrogens with zero attached hydrogens (tertiary/aromatic N) is 4. The summed E-state index contributed by atoms with van der Waals surface area (Å²) in [5.41, 5.74) is 0.293. The Balaban J connectivity index is 1.63. The lowest BCUT2D eigenvalue weighted by Crippen LogP contribution is -2.25. The van der Waals surface area contributed by atoms with E-state index in [1.165, 1.54) is 4.80 Å². The summed E-state index contributed by atoms with van der Waals surface area (Å²) in [4.78, 5) is 13.5. The van der Waals surface area contributed by atoms with Crippen LogP contribution in [0.4, 0.5) is 0 Å². The van der Waals surface area contributed by atoms with Gasteiger partial charge in [0.15, 0.2) is 0 Å². The van der Waals surface area contributed by atoms with Crippen molar-refractivity contribution >= 4 is 17.6 Å². The van der Waals surface area contributed by atoms with Crippen molar-refractivity contribution in [2.45, 2.75) is 46.3 Å². The maximum absolute atomic E-state index is 12.0. The fourth-order valence-corrected chi connectivity index (χ4v) is 2.91. The molecule has 0 radical (unpaired) electrons. The van der Waals surface area contributed by atoms with Gasteiger partial charge in [-0.2, -0.15) is 4.80 Å². The summed E-state index contributed by atoms with van der Waals surface area (Å²) < 4.78 is 11.2. The van der Waals surface area contributed by atoms with Crippen LogP contribution in [0.15, 0.2) is 48.5 Å². The van der Waals surface area contributed by atoms with Crippen LogP contribution in [-0.4, -0.2) is 31.8 Å². The van der Waals surface area contributed by atoms with E-state index in [-0.39, 0.29) is 11.9 Å². The Bertz CT molecular complexity index is 996. The molecule has 2 aromatic carbocycles. The van der Waals surface area contributed by atoms with Crippen LogP contribution in [0.25, 0.3) is 11.4 Å². The minimum Gasteiger partial charge on any atom is -0.460 e. The Morgan fingerprint density at radius 1 is 1.13 bits per heavy atom. The molecule has 0 saturated heterocycles. The predicted molar refractivity (Wildman–Crippen MR) is 114 cm³/mol. The van der Waals surface area contributed by atoms with E-state index in [1.807, 2.05) is 52.0 Å². The fraction of sp³-hybridized carbons (Fsp3) is 0.364. The van der Waals surface area contributed by atoms with Crippen LogP contribution in [0, 0.1) is 5.92 Å². The number of halogens is 1. The predicted octanol–water partition coefficient (Wildman–Crippen LogP) is 5.15. The molecule has 0 amide bonds. The summed E-state index contributed by atoms with van der Waals surface area (Å²) in [6.07, 6.45) is 0.290. The Labute approximate surface area is 181 Å². The van der Waals surface area contributed by atoms with Crippen molar-refractivity contribution in [3.8, 4) is 22.9 Å². The third kappa shape index (κ3) is 6.56. The van der Waals surface area contributed by atoms with Crippen LogP contribution in [0.3, 0.4) is 0 Å². The van der Waals surface area contributed by atoms with Crippen LogP contribution in [0.5, 0.6) is 11.5 Å². The van der Waals surface area contributed by atoms with Gasteiger partial charge in [-0.3, -0.25) is 4.79 Å². The Morgan fingerprint density at radius 3 is 2.57 bits per heavy atom. The van der Waals surface area contributed by atoms with Gasteiger partial charge in [0.25, 0.3) is 0 Å². The van der Waals surface area contributed by atoms with E-state index in [1.54, 1.807) is 24.3 Å². The first-order valence-corrected chi connectivity index (χ1v) is 10.1. The largest absolute Gasteiger partial charge is 0.460 e. The molecule has 0 saturated carbocycles. The number of benzene rings is 2. The Morgan fingerprint density at radius 2 is 1.87 bits per heavy atom. The number of aromatic nitrogens is 4. The first-order valence-electron chi connectivity index (χ1n) is 9.71. The molecular formula is C22H25ClN4O3. The molecule has 0 N–H and O–H groups in total. The fourth-order valence-electron chi connectivity index (χ4n) is 2.78. The third-order valence-corrected chi connectivity index (χ3v) is 4.26. The molecule has 1 heterocycles. The molecule has 0 aliphatic carbocycles. The third-order valence-electron chi connectivity index (χ3n) is 4.00. The van der Waals surface area contributed by atoms with Gasteiger partial charge in [-0.1, -0.05) is 30.7 Å². The van der Waals surface area contributed by atoms with Crippen molar-refractivity contribution < 1.29 is 14.3 Å². The SMILES string of the molecule is C[C@H](CC(=O)OC(C)(C)C)Cn1nnc(-c2cccc(Oc3ccc(Cl)cc3)c2)n1. The lowest BCUT2D eigenvalue weighted by atomic mass is 10.1. The number of tetrazole rings is 1. The highest BCUT2D eigenvalue weighted by molar-refractivity contribution is 6.30. The molecule has 0 aliphatic heterocycles. The van der Waals surface area contributed by atoms with Crippen molar-refractivity contribution in [3.05, 3.63) is 53.6 Å². The second-order valence-electron chi connectivity index (χ2n) is 8.15. The van der Waals surface area contributed by atoms with E-state index in [4.69, 9.17) is 21.1 Å². The molecule has 0 spiro atoms. The number of carbonyl (C=O) groups excluding carboxylic acids is 1.